The van der Waals surface area contributed by atoms with Crippen LogP contribution in [0.5, 0.6) is 0 Å². The third-order valence-electron chi connectivity index (χ3n) is 1.93. The van der Waals surface area contributed by atoms with Gasteiger partial charge < -0.3 is 19.6 Å². The highest BCUT2D eigenvalue weighted by atomic mass is 16.5. The molecule has 1 unspecified atom stereocenters. The van der Waals surface area contributed by atoms with E-state index in [1.165, 1.54) is 19.4 Å². The van der Waals surface area contributed by atoms with Gasteiger partial charge >= 0.3 is 5.97 Å². The van der Waals surface area contributed by atoms with Crippen molar-refractivity contribution in [1.82, 2.24) is 5.32 Å². The average Bonchev–Trinajstić information content (AvgIpc) is 2.64. The van der Waals surface area contributed by atoms with Gasteiger partial charge in [-0.15, -0.1) is 0 Å². The van der Waals surface area contributed by atoms with Gasteiger partial charge in [-0.05, 0) is 13.0 Å². The van der Waals surface area contributed by atoms with Crippen molar-refractivity contribution in [3.05, 3.63) is 23.7 Å². The first kappa shape index (κ1) is 12.3. The second-order valence-corrected chi connectivity index (χ2v) is 3.27. The molecule has 0 aliphatic rings. The third-order valence-corrected chi connectivity index (χ3v) is 1.93. The fraction of sp³-hybridized carbons (Fsp3) is 0.400. The highest BCUT2D eigenvalue weighted by Crippen LogP contribution is 2.06. The molecule has 1 aromatic rings. The van der Waals surface area contributed by atoms with Crippen LogP contribution in [0.3, 0.4) is 0 Å². The van der Waals surface area contributed by atoms with Crippen LogP contribution in [0, 0.1) is 6.92 Å². The summed E-state index contributed by atoms with van der Waals surface area (Å²) in [5, 5.41) is 11.1. The molecule has 0 saturated carbocycles. The van der Waals surface area contributed by atoms with E-state index in [9.17, 15) is 9.59 Å². The lowest BCUT2D eigenvalue weighted by molar-refractivity contribution is -0.140. The summed E-state index contributed by atoms with van der Waals surface area (Å²) in [5.74, 6) is -1.06. The number of carboxylic acids is 1. The number of carbonyl (C=O) groups excluding carboxylic acids is 1. The maximum Gasteiger partial charge on any atom is 0.328 e. The van der Waals surface area contributed by atoms with Gasteiger partial charge in [-0.1, -0.05) is 0 Å². The average molecular weight is 227 g/mol. The molecule has 0 fully saturated rings. The first-order chi connectivity index (χ1) is 7.54. The summed E-state index contributed by atoms with van der Waals surface area (Å²) < 4.78 is 9.64. The minimum atomic E-state index is -1.14. The molecule has 2 N–H and O–H groups in total. The standard InChI is InChI=1S/C10H13NO5/c1-6-3-7(4-16-6)9(12)11-8(5-15-2)10(13)14/h3-4,8H,5H2,1-2H3,(H,11,12)(H,13,14). The Morgan fingerprint density at radius 1 is 1.62 bits per heavy atom. The number of aliphatic carboxylic acids is 1. The van der Waals surface area contributed by atoms with Gasteiger partial charge in [0.2, 0.25) is 0 Å². The summed E-state index contributed by atoms with van der Waals surface area (Å²) in [7, 11) is 1.37. The van der Waals surface area contributed by atoms with E-state index in [0.29, 0.717) is 11.3 Å². The van der Waals surface area contributed by atoms with Crippen LogP contribution < -0.4 is 5.32 Å². The number of carbonyl (C=O) groups is 2. The molecule has 88 valence electrons. The molecule has 0 bridgehead atoms. The predicted octanol–water partition coefficient (Wildman–Crippen LogP) is 0.417. The molecule has 1 heterocycles. The van der Waals surface area contributed by atoms with Crippen LogP contribution in [0.2, 0.25) is 0 Å². The summed E-state index contributed by atoms with van der Waals surface area (Å²) in [6.45, 7) is 1.61. The maximum atomic E-state index is 11.6. The van der Waals surface area contributed by atoms with Crippen LogP contribution >= 0.6 is 0 Å². The summed E-state index contributed by atoms with van der Waals surface area (Å²) in [4.78, 5) is 22.3. The normalized spacial score (nSPS) is 12.1. The minimum absolute atomic E-state index is 0.0854. The Labute approximate surface area is 92.2 Å². The Morgan fingerprint density at radius 3 is 2.75 bits per heavy atom. The van der Waals surface area contributed by atoms with Crippen LogP contribution in [0.4, 0.5) is 0 Å². The first-order valence-corrected chi connectivity index (χ1v) is 4.62. The minimum Gasteiger partial charge on any atom is -0.480 e. The third kappa shape index (κ3) is 3.09. The van der Waals surface area contributed by atoms with E-state index < -0.39 is 17.9 Å². The van der Waals surface area contributed by atoms with Crippen molar-refractivity contribution in [3.63, 3.8) is 0 Å². The Hall–Kier alpha value is -1.82. The number of nitrogens with one attached hydrogen (secondary N) is 1. The summed E-state index contributed by atoms with van der Waals surface area (Å²) in [5.41, 5.74) is 0.292. The van der Waals surface area contributed by atoms with E-state index in [-0.39, 0.29) is 6.61 Å². The van der Waals surface area contributed by atoms with Crippen LogP contribution in [0.25, 0.3) is 0 Å². The molecule has 0 aliphatic heterocycles. The number of ether oxygens (including phenoxy) is 1. The quantitative estimate of drug-likeness (QED) is 0.760. The van der Waals surface area contributed by atoms with Gasteiger partial charge in [0.1, 0.15) is 12.0 Å². The smallest absolute Gasteiger partial charge is 0.328 e. The van der Waals surface area contributed by atoms with Crippen LogP contribution in [0.1, 0.15) is 16.1 Å². The molecule has 1 atom stereocenters. The van der Waals surface area contributed by atoms with E-state index in [4.69, 9.17) is 9.52 Å². The van der Waals surface area contributed by atoms with Crippen molar-refractivity contribution < 1.29 is 23.8 Å². The van der Waals surface area contributed by atoms with Crippen molar-refractivity contribution in [2.45, 2.75) is 13.0 Å². The predicted molar refractivity (Wildman–Crippen MR) is 54.2 cm³/mol. The molecule has 1 amide bonds. The number of hydrogen-bond donors (Lipinski definition) is 2. The maximum absolute atomic E-state index is 11.6. The Morgan fingerprint density at radius 2 is 2.31 bits per heavy atom. The molecular formula is C10H13NO5. The van der Waals surface area contributed by atoms with Gasteiger partial charge in [0.15, 0.2) is 6.04 Å². The summed E-state index contributed by atoms with van der Waals surface area (Å²) in [6.07, 6.45) is 1.27. The number of methoxy groups -OCH3 is 1. The number of carboxylic acid groups (broad SMARTS) is 1. The fourth-order valence-corrected chi connectivity index (χ4v) is 1.15. The van der Waals surface area contributed by atoms with E-state index in [0.717, 1.165) is 0 Å². The molecular weight excluding hydrogens is 214 g/mol. The molecule has 0 spiro atoms. The van der Waals surface area contributed by atoms with E-state index in [2.05, 4.69) is 10.1 Å². The zero-order chi connectivity index (χ0) is 12.1. The van der Waals surface area contributed by atoms with E-state index >= 15 is 0 Å². The number of aryl methyl sites for hydroxylation is 1. The lowest BCUT2D eigenvalue weighted by Gasteiger charge is -2.12. The first-order valence-electron chi connectivity index (χ1n) is 4.62. The lowest BCUT2D eigenvalue weighted by Crippen LogP contribution is -2.43. The monoisotopic (exact) mass is 227 g/mol. The molecule has 0 aliphatic carbocycles. The fourth-order valence-electron chi connectivity index (χ4n) is 1.15. The Balaban J connectivity index is 2.65. The van der Waals surface area contributed by atoms with Gasteiger partial charge in [-0.25, -0.2) is 4.79 Å². The zero-order valence-corrected chi connectivity index (χ0v) is 9.02. The zero-order valence-electron chi connectivity index (χ0n) is 9.02. The number of hydrogen-bond acceptors (Lipinski definition) is 4. The van der Waals surface area contributed by atoms with Crippen molar-refractivity contribution in [3.8, 4) is 0 Å². The lowest BCUT2D eigenvalue weighted by atomic mass is 10.2. The largest absolute Gasteiger partial charge is 0.480 e. The molecule has 6 heteroatoms. The number of rotatable bonds is 5. The molecule has 0 saturated heterocycles. The van der Waals surface area contributed by atoms with Crippen molar-refractivity contribution in [2.24, 2.45) is 0 Å². The summed E-state index contributed by atoms with van der Waals surface area (Å²) >= 11 is 0. The van der Waals surface area contributed by atoms with Gasteiger partial charge in [-0.3, -0.25) is 4.79 Å². The molecule has 6 nitrogen and oxygen atoms in total. The van der Waals surface area contributed by atoms with Crippen molar-refractivity contribution in [1.29, 1.82) is 0 Å². The van der Waals surface area contributed by atoms with Crippen LogP contribution in [-0.4, -0.2) is 36.7 Å². The Bertz CT molecular complexity index is 384. The van der Waals surface area contributed by atoms with E-state index in [1.807, 2.05) is 0 Å². The summed E-state index contributed by atoms with van der Waals surface area (Å²) in [6, 6.07) is 0.467. The highest BCUT2D eigenvalue weighted by Gasteiger charge is 2.21. The number of furan rings is 1. The van der Waals surface area contributed by atoms with Crippen molar-refractivity contribution in [2.75, 3.05) is 13.7 Å². The highest BCUT2D eigenvalue weighted by molar-refractivity contribution is 5.96. The molecule has 0 radical (unpaired) electrons. The second kappa shape index (κ2) is 5.32. The van der Waals surface area contributed by atoms with Crippen molar-refractivity contribution >= 4 is 11.9 Å². The van der Waals surface area contributed by atoms with Gasteiger partial charge in [0.25, 0.3) is 5.91 Å². The molecule has 0 aromatic carbocycles. The molecule has 1 rings (SSSR count). The number of amides is 1. The molecule has 1 aromatic heterocycles. The van der Waals surface area contributed by atoms with Crippen LogP contribution in [0.15, 0.2) is 16.7 Å². The van der Waals surface area contributed by atoms with Gasteiger partial charge in [0.05, 0.1) is 12.2 Å². The second-order valence-electron chi connectivity index (χ2n) is 3.27. The van der Waals surface area contributed by atoms with Gasteiger partial charge in [-0.2, -0.15) is 0 Å². The van der Waals surface area contributed by atoms with Crippen LogP contribution in [-0.2, 0) is 9.53 Å². The topological polar surface area (TPSA) is 88.8 Å². The van der Waals surface area contributed by atoms with E-state index in [1.54, 1.807) is 6.92 Å². The SMILES string of the molecule is COCC(NC(=O)c1coc(C)c1)C(=O)O. The Kier molecular flexibility index (Phi) is 4.07. The molecule has 16 heavy (non-hydrogen) atoms. The van der Waals surface area contributed by atoms with Gasteiger partial charge in [0, 0.05) is 7.11 Å².